The summed E-state index contributed by atoms with van der Waals surface area (Å²) in [6.07, 6.45) is 0. The van der Waals surface area contributed by atoms with Gasteiger partial charge in [0, 0.05) is 31.9 Å². The minimum absolute atomic E-state index is 0.817. The Hall–Kier alpha value is -4.70. The highest BCUT2D eigenvalue weighted by Crippen LogP contribution is 2.32. The molecular weight excluding hydrogens is 464 g/mol. The molecule has 0 unspecified atom stereocenters. The van der Waals surface area contributed by atoms with Crippen LogP contribution in [-0.4, -0.2) is 37.8 Å². The molecule has 0 aliphatic heterocycles. The van der Waals surface area contributed by atoms with Crippen LogP contribution in [0.25, 0.3) is 43.1 Å². The fourth-order valence-electron chi connectivity index (χ4n) is 5.32. The first kappa shape index (κ1) is 23.7. The average Bonchev–Trinajstić information content (AvgIpc) is 2.95. The van der Waals surface area contributed by atoms with Gasteiger partial charge in [-0.15, -0.1) is 0 Å². The van der Waals surface area contributed by atoms with Crippen molar-refractivity contribution < 1.29 is 0 Å². The molecule has 0 amide bonds. The van der Waals surface area contributed by atoms with Gasteiger partial charge in [-0.1, -0.05) is 72.8 Å². The van der Waals surface area contributed by atoms with Gasteiger partial charge in [-0.05, 0) is 75.6 Å². The lowest BCUT2D eigenvalue weighted by atomic mass is 10.0. The zero-order chi connectivity index (χ0) is 26.2. The number of rotatable bonds is 2. The fraction of sp³-hybridized carbons (Fsp3) is 0.118. The van der Waals surface area contributed by atoms with Gasteiger partial charge in [0.2, 0.25) is 5.96 Å². The predicted octanol–water partition coefficient (Wildman–Crippen LogP) is 8.40. The summed E-state index contributed by atoms with van der Waals surface area (Å²) in [7, 11) is 5.93. The first-order valence-electron chi connectivity index (χ1n) is 12.9. The van der Waals surface area contributed by atoms with Crippen LogP contribution in [0.15, 0.2) is 119 Å². The van der Waals surface area contributed by atoms with Crippen LogP contribution in [-0.2, 0) is 0 Å². The maximum absolute atomic E-state index is 5.08. The summed E-state index contributed by atoms with van der Waals surface area (Å²) in [5.74, 6) is 1.68. The smallest absolute Gasteiger partial charge is 0.205 e. The van der Waals surface area contributed by atoms with Crippen molar-refractivity contribution in [3.63, 3.8) is 0 Å². The maximum atomic E-state index is 5.08. The summed E-state index contributed by atoms with van der Waals surface area (Å²) in [6, 6.07) is 38.7. The maximum Gasteiger partial charge on any atom is 0.205 e. The van der Waals surface area contributed by atoms with Crippen molar-refractivity contribution in [3.05, 3.63) is 109 Å². The Morgan fingerprint density at radius 3 is 1.68 bits per heavy atom. The number of amidine groups is 1. The number of hydrogen-bond donors (Lipinski definition) is 0. The number of anilines is 1. The zero-order valence-corrected chi connectivity index (χ0v) is 22.2. The average molecular weight is 495 g/mol. The van der Waals surface area contributed by atoms with Gasteiger partial charge in [-0.25, -0.2) is 4.99 Å². The van der Waals surface area contributed by atoms with Gasteiger partial charge in [0.25, 0.3) is 0 Å². The molecule has 0 aromatic heterocycles. The SMILES string of the molecule is CN=C(N(C)C(C)=Nc1cccc2cc3ccccc3cc12)N(C)c1cccc2cc3ccccc3cc12. The molecule has 0 bridgehead atoms. The van der Waals surface area contributed by atoms with E-state index in [1.165, 1.54) is 37.7 Å². The normalized spacial score (nSPS) is 12.5. The summed E-state index contributed by atoms with van der Waals surface area (Å²) in [5, 5.41) is 9.65. The van der Waals surface area contributed by atoms with Gasteiger partial charge in [-0.3, -0.25) is 4.99 Å². The molecule has 4 nitrogen and oxygen atoms in total. The van der Waals surface area contributed by atoms with Crippen LogP contribution in [0.1, 0.15) is 6.92 Å². The molecule has 0 radical (unpaired) electrons. The Bertz CT molecular complexity index is 1880. The van der Waals surface area contributed by atoms with Gasteiger partial charge in [-0.2, -0.15) is 0 Å². The number of benzene rings is 6. The van der Waals surface area contributed by atoms with Crippen molar-refractivity contribution >= 4 is 66.3 Å². The number of nitrogens with zero attached hydrogens (tertiary/aromatic N) is 4. The molecule has 6 rings (SSSR count). The molecule has 0 spiro atoms. The second-order valence-electron chi connectivity index (χ2n) is 9.70. The van der Waals surface area contributed by atoms with Crippen LogP contribution in [0.3, 0.4) is 0 Å². The molecule has 0 fully saturated rings. The molecule has 4 heteroatoms. The topological polar surface area (TPSA) is 31.2 Å². The van der Waals surface area contributed by atoms with Crippen LogP contribution >= 0.6 is 0 Å². The summed E-state index contributed by atoms with van der Waals surface area (Å²) < 4.78 is 0. The third-order valence-electron chi connectivity index (χ3n) is 7.38. The van der Waals surface area contributed by atoms with Crippen LogP contribution < -0.4 is 4.90 Å². The minimum Gasteiger partial charge on any atom is -0.315 e. The number of aliphatic imine (C=N–C) groups is 2. The van der Waals surface area contributed by atoms with Gasteiger partial charge in [0.1, 0.15) is 5.84 Å². The predicted molar refractivity (Wildman–Crippen MR) is 165 cm³/mol. The fourth-order valence-corrected chi connectivity index (χ4v) is 5.32. The zero-order valence-electron chi connectivity index (χ0n) is 22.2. The molecule has 0 atom stereocenters. The number of hydrogen-bond acceptors (Lipinski definition) is 2. The lowest BCUT2D eigenvalue weighted by molar-refractivity contribution is 0.724. The quantitative estimate of drug-likeness (QED) is 0.137. The van der Waals surface area contributed by atoms with Crippen LogP contribution in [0, 0.1) is 0 Å². The van der Waals surface area contributed by atoms with Crippen LogP contribution in [0.5, 0.6) is 0 Å². The molecule has 186 valence electrons. The molecule has 0 N–H and O–H groups in total. The van der Waals surface area contributed by atoms with E-state index in [1.54, 1.807) is 0 Å². The van der Waals surface area contributed by atoms with Gasteiger partial charge in [0.05, 0.1) is 11.4 Å². The highest BCUT2D eigenvalue weighted by molar-refractivity contribution is 6.13. The van der Waals surface area contributed by atoms with Crippen molar-refractivity contribution in [1.82, 2.24) is 4.90 Å². The van der Waals surface area contributed by atoms with Gasteiger partial charge in [0.15, 0.2) is 0 Å². The molecule has 0 aliphatic rings. The van der Waals surface area contributed by atoms with E-state index in [1.807, 2.05) is 21.0 Å². The Morgan fingerprint density at radius 2 is 1.08 bits per heavy atom. The molecule has 6 aromatic carbocycles. The lowest BCUT2D eigenvalue weighted by Gasteiger charge is -2.30. The van der Waals surface area contributed by atoms with Crippen molar-refractivity contribution in [2.24, 2.45) is 9.98 Å². The second kappa shape index (κ2) is 9.64. The largest absolute Gasteiger partial charge is 0.315 e. The van der Waals surface area contributed by atoms with E-state index in [9.17, 15) is 0 Å². The van der Waals surface area contributed by atoms with E-state index >= 15 is 0 Å². The molecular formula is C34H30N4. The minimum atomic E-state index is 0.817. The summed E-state index contributed by atoms with van der Waals surface area (Å²) in [5.41, 5.74) is 2.05. The van der Waals surface area contributed by atoms with Gasteiger partial charge >= 0.3 is 0 Å². The Kier molecular flexibility index (Phi) is 6.01. The highest BCUT2D eigenvalue weighted by atomic mass is 15.4. The molecule has 6 aromatic rings. The van der Waals surface area contributed by atoms with E-state index in [0.29, 0.717) is 0 Å². The third-order valence-corrected chi connectivity index (χ3v) is 7.38. The van der Waals surface area contributed by atoms with Crippen molar-refractivity contribution in [2.75, 3.05) is 26.0 Å². The molecule has 0 saturated carbocycles. The molecule has 38 heavy (non-hydrogen) atoms. The van der Waals surface area contributed by atoms with E-state index in [-0.39, 0.29) is 0 Å². The monoisotopic (exact) mass is 494 g/mol. The molecule has 0 aliphatic carbocycles. The number of guanidine groups is 1. The van der Waals surface area contributed by atoms with Gasteiger partial charge < -0.3 is 9.80 Å². The standard InChI is InChI=1S/C34H30N4/c1-23(36-32-17-9-15-28-19-24-11-5-7-13-26(24)21-30(28)32)37(3)34(35-2)38(4)33-18-10-16-29-20-25-12-6-8-14-27(25)22-31(29)33/h5-22H,1-4H3. The summed E-state index contributed by atoms with van der Waals surface area (Å²) in [4.78, 5) is 14.0. The Labute approximate surface area is 223 Å². The molecule has 0 saturated heterocycles. The second-order valence-corrected chi connectivity index (χ2v) is 9.70. The first-order valence-corrected chi connectivity index (χ1v) is 12.9. The van der Waals surface area contributed by atoms with E-state index in [4.69, 9.17) is 4.99 Å². The van der Waals surface area contributed by atoms with Crippen LogP contribution in [0.2, 0.25) is 0 Å². The van der Waals surface area contributed by atoms with E-state index in [2.05, 4.69) is 131 Å². The lowest BCUT2D eigenvalue weighted by Crippen LogP contribution is -2.42. The van der Waals surface area contributed by atoms with Crippen LogP contribution in [0.4, 0.5) is 11.4 Å². The highest BCUT2D eigenvalue weighted by Gasteiger charge is 2.18. The van der Waals surface area contributed by atoms with E-state index in [0.717, 1.165) is 28.6 Å². The Morgan fingerprint density at radius 1 is 0.579 bits per heavy atom. The third kappa shape index (κ3) is 4.14. The summed E-state index contributed by atoms with van der Waals surface area (Å²) in [6.45, 7) is 2.04. The number of fused-ring (bicyclic) bond motifs is 4. The van der Waals surface area contributed by atoms with Crippen molar-refractivity contribution in [3.8, 4) is 0 Å². The first-order chi connectivity index (χ1) is 18.5. The Balaban J connectivity index is 1.38. The van der Waals surface area contributed by atoms with E-state index < -0.39 is 0 Å². The van der Waals surface area contributed by atoms with Crippen molar-refractivity contribution in [2.45, 2.75) is 6.92 Å². The summed E-state index contributed by atoms with van der Waals surface area (Å²) >= 11 is 0. The van der Waals surface area contributed by atoms with Crippen molar-refractivity contribution in [1.29, 1.82) is 0 Å². The molecule has 0 heterocycles.